The predicted molar refractivity (Wildman–Crippen MR) is 112 cm³/mol. The van der Waals surface area contributed by atoms with Gasteiger partial charge in [-0.2, -0.15) is 0 Å². The zero-order valence-electron chi connectivity index (χ0n) is 18.4. The van der Waals surface area contributed by atoms with Gasteiger partial charge in [-0.1, -0.05) is 59.8 Å². The fourth-order valence-corrected chi connectivity index (χ4v) is 2.89. The van der Waals surface area contributed by atoms with Crippen LogP contribution >= 0.6 is 0 Å². The van der Waals surface area contributed by atoms with Crippen LogP contribution in [0.3, 0.4) is 0 Å². The molecule has 0 unspecified atom stereocenters. The Kier molecular flexibility index (Phi) is 17.6. The molecule has 0 saturated heterocycles. The van der Waals surface area contributed by atoms with E-state index in [1.165, 1.54) is 12.8 Å². The largest absolute Gasteiger partial charge is 0.466 e. The van der Waals surface area contributed by atoms with E-state index in [0.29, 0.717) is 26.1 Å². The lowest BCUT2D eigenvalue weighted by molar-refractivity contribution is -0.144. The van der Waals surface area contributed by atoms with Gasteiger partial charge in [0.25, 0.3) is 0 Å². The second kappa shape index (κ2) is 18.3. The van der Waals surface area contributed by atoms with Crippen molar-refractivity contribution in [3.8, 4) is 0 Å². The maximum atomic E-state index is 11.6. The molecule has 4 nitrogen and oxygen atoms in total. The SMILES string of the molecule is CC(C)CCCCOC(=O)CCCCCCCC(=O)OCCCCC(C)C. The molecule has 0 spiro atoms. The van der Waals surface area contributed by atoms with Gasteiger partial charge in [-0.15, -0.1) is 0 Å². The van der Waals surface area contributed by atoms with Crippen molar-refractivity contribution in [2.24, 2.45) is 11.8 Å². The quantitative estimate of drug-likeness (QED) is 0.201. The van der Waals surface area contributed by atoms with E-state index >= 15 is 0 Å². The number of hydrogen-bond donors (Lipinski definition) is 0. The van der Waals surface area contributed by atoms with Crippen LogP contribution in [0.25, 0.3) is 0 Å². The van der Waals surface area contributed by atoms with Crippen molar-refractivity contribution < 1.29 is 19.1 Å². The van der Waals surface area contributed by atoms with Gasteiger partial charge in [0.05, 0.1) is 13.2 Å². The molecule has 0 aromatic carbocycles. The van der Waals surface area contributed by atoms with Gasteiger partial charge in [-0.3, -0.25) is 9.59 Å². The third kappa shape index (κ3) is 21.1. The Hall–Kier alpha value is -1.06. The van der Waals surface area contributed by atoms with Crippen LogP contribution in [0.1, 0.15) is 111 Å². The van der Waals surface area contributed by atoms with Crippen LogP contribution in [-0.4, -0.2) is 25.2 Å². The van der Waals surface area contributed by atoms with Crippen molar-refractivity contribution in [3.63, 3.8) is 0 Å². The Morgan fingerprint density at radius 3 is 1.30 bits per heavy atom. The lowest BCUT2D eigenvalue weighted by Crippen LogP contribution is -2.06. The second-order valence-electron chi connectivity index (χ2n) is 8.49. The van der Waals surface area contributed by atoms with E-state index < -0.39 is 0 Å². The molecule has 0 radical (unpaired) electrons. The minimum absolute atomic E-state index is 0.0689. The van der Waals surface area contributed by atoms with Crippen LogP contribution in [0.15, 0.2) is 0 Å². The van der Waals surface area contributed by atoms with Crippen molar-refractivity contribution >= 4 is 11.9 Å². The molecule has 0 bridgehead atoms. The fraction of sp³-hybridized carbons (Fsp3) is 0.913. The first-order valence-electron chi connectivity index (χ1n) is 11.2. The third-order valence-corrected chi connectivity index (χ3v) is 4.64. The molecule has 0 aliphatic carbocycles. The molecule has 0 saturated carbocycles. The highest BCUT2D eigenvalue weighted by atomic mass is 16.5. The summed E-state index contributed by atoms with van der Waals surface area (Å²) in [4.78, 5) is 23.2. The van der Waals surface area contributed by atoms with Gasteiger partial charge in [-0.25, -0.2) is 0 Å². The van der Waals surface area contributed by atoms with Crippen LogP contribution < -0.4 is 0 Å². The Morgan fingerprint density at radius 2 is 0.926 bits per heavy atom. The number of hydrogen-bond acceptors (Lipinski definition) is 4. The number of unbranched alkanes of at least 4 members (excludes halogenated alkanes) is 6. The molecule has 0 N–H and O–H groups in total. The monoisotopic (exact) mass is 384 g/mol. The molecule has 0 amide bonds. The molecule has 0 aromatic rings. The summed E-state index contributed by atoms with van der Waals surface area (Å²) in [5.41, 5.74) is 0. The third-order valence-electron chi connectivity index (χ3n) is 4.64. The van der Waals surface area contributed by atoms with Crippen LogP contribution in [-0.2, 0) is 19.1 Å². The maximum absolute atomic E-state index is 11.6. The predicted octanol–water partition coefficient (Wildman–Crippen LogP) is 6.46. The van der Waals surface area contributed by atoms with Gasteiger partial charge in [0.2, 0.25) is 0 Å². The van der Waals surface area contributed by atoms with Crippen molar-refractivity contribution in [2.75, 3.05) is 13.2 Å². The smallest absolute Gasteiger partial charge is 0.305 e. The van der Waals surface area contributed by atoms with E-state index in [9.17, 15) is 9.59 Å². The average molecular weight is 385 g/mol. The summed E-state index contributed by atoms with van der Waals surface area (Å²) in [7, 11) is 0. The van der Waals surface area contributed by atoms with Crippen molar-refractivity contribution in [2.45, 2.75) is 111 Å². The molecule has 27 heavy (non-hydrogen) atoms. The summed E-state index contributed by atoms with van der Waals surface area (Å²) in [6, 6.07) is 0. The highest BCUT2D eigenvalue weighted by molar-refractivity contribution is 5.69. The Labute approximate surface area is 167 Å². The summed E-state index contributed by atoms with van der Waals surface area (Å²) in [5, 5.41) is 0. The fourth-order valence-electron chi connectivity index (χ4n) is 2.89. The standard InChI is InChI=1S/C23H44O4/c1-20(2)14-10-12-18-26-22(24)16-8-6-5-7-9-17-23(25)27-19-13-11-15-21(3)4/h20-21H,5-19H2,1-4H3. The van der Waals surface area contributed by atoms with Crippen molar-refractivity contribution in [3.05, 3.63) is 0 Å². The van der Waals surface area contributed by atoms with Gasteiger partial charge in [-0.05, 0) is 50.4 Å². The van der Waals surface area contributed by atoms with Gasteiger partial charge in [0.15, 0.2) is 0 Å². The van der Waals surface area contributed by atoms with E-state index in [-0.39, 0.29) is 11.9 Å². The Morgan fingerprint density at radius 1 is 0.556 bits per heavy atom. The maximum Gasteiger partial charge on any atom is 0.305 e. The van der Waals surface area contributed by atoms with E-state index in [2.05, 4.69) is 27.7 Å². The summed E-state index contributed by atoms with van der Waals surface area (Å²) in [6.07, 6.45) is 12.5. The summed E-state index contributed by atoms with van der Waals surface area (Å²) >= 11 is 0. The van der Waals surface area contributed by atoms with Crippen LogP contribution in [0, 0.1) is 11.8 Å². The molecular weight excluding hydrogens is 340 g/mol. The Balaban J connectivity index is 3.31. The van der Waals surface area contributed by atoms with Gasteiger partial charge < -0.3 is 9.47 Å². The molecule has 0 aliphatic rings. The van der Waals surface area contributed by atoms with Crippen LogP contribution in [0.2, 0.25) is 0 Å². The lowest BCUT2D eigenvalue weighted by atomic mass is 10.1. The lowest BCUT2D eigenvalue weighted by Gasteiger charge is -2.07. The first-order valence-corrected chi connectivity index (χ1v) is 11.2. The molecule has 4 heteroatoms. The van der Waals surface area contributed by atoms with E-state index in [1.54, 1.807) is 0 Å². The first-order chi connectivity index (χ1) is 12.9. The summed E-state index contributed by atoms with van der Waals surface area (Å²) in [5.74, 6) is 1.30. The average Bonchev–Trinajstić information content (AvgIpc) is 2.59. The Bertz CT molecular complexity index is 329. The highest BCUT2D eigenvalue weighted by Crippen LogP contribution is 2.10. The van der Waals surface area contributed by atoms with Crippen LogP contribution in [0.5, 0.6) is 0 Å². The van der Waals surface area contributed by atoms with Gasteiger partial charge in [0, 0.05) is 12.8 Å². The van der Waals surface area contributed by atoms with E-state index in [0.717, 1.165) is 69.6 Å². The normalized spacial score (nSPS) is 11.2. The second-order valence-corrected chi connectivity index (χ2v) is 8.49. The molecule has 0 rings (SSSR count). The molecule has 0 aliphatic heterocycles. The van der Waals surface area contributed by atoms with Gasteiger partial charge >= 0.3 is 11.9 Å². The molecule has 0 fully saturated rings. The number of ether oxygens (including phenoxy) is 2. The van der Waals surface area contributed by atoms with Crippen LogP contribution in [0.4, 0.5) is 0 Å². The molecule has 160 valence electrons. The zero-order valence-corrected chi connectivity index (χ0v) is 18.4. The number of carbonyl (C=O) groups excluding carboxylic acids is 2. The van der Waals surface area contributed by atoms with Crippen molar-refractivity contribution in [1.82, 2.24) is 0 Å². The van der Waals surface area contributed by atoms with Crippen molar-refractivity contribution in [1.29, 1.82) is 0 Å². The molecular formula is C23H44O4. The first kappa shape index (κ1) is 25.9. The minimum Gasteiger partial charge on any atom is -0.466 e. The number of esters is 2. The molecule has 0 atom stereocenters. The summed E-state index contributed by atoms with van der Waals surface area (Å²) < 4.78 is 10.5. The van der Waals surface area contributed by atoms with Gasteiger partial charge in [0.1, 0.15) is 0 Å². The van der Waals surface area contributed by atoms with E-state index in [1.807, 2.05) is 0 Å². The molecule has 0 aromatic heterocycles. The number of carbonyl (C=O) groups is 2. The molecule has 0 heterocycles. The summed E-state index contributed by atoms with van der Waals surface area (Å²) in [6.45, 7) is 9.97. The zero-order chi connectivity index (χ0) is 20.3. The number of rotatable bonds is 18. The topological polar surface area (TPSA) is 52.6 Å². The van der Waals surface area contributed by atoms with E-state index in [4.69, 9.17) is 9.47 Å². The highest BCUT2D eigenvalue weighted by Gasteiger charge is 2.05. The minimum atomic E-state index is -0.0689.